The maximum Gasteiger partial charge on any atom is 0.573 e. The highest BCUT2D eigenvalue weighted by Crippen LogP contribution is 2.33. The molecule has 0 unspecified atom stereocenters. The van der Waals surface area contributed by atoms with Crippen molar-refractivity contribution >= 4 is 23.0 Å². The van der Waals surface area contributed by atoms with Crippen LogP contribution in [0.5, 0.6) is 11.6 Å². The number of pyridine rings is 1. The van der Waals surface area contributed by atoms with E-state index in [1.807, 2.05) is 13.8 Å². The SMILES string of the molecule is COc1ccc(NC(=O)c2ccc(OC(F)(F)F)cc2Nc2ccc(F)cc2C(C)C)c(C)n1. The first kappa shape index (κ1) is 24.8. The first-order valence-electron chi connectivity index (χ1n) is 10.3. The van der Waals surface area contributed by atoms with Crippen molar-refractivity contribution in [3.8, 4) is 11.6 Å². The molecule has 0 fully saturated rings. The van der Waals surface area contributed by atoms with Gasteiger partial charge in [-0.2, -0.15) is 0 Å². The van der Waals surface area contributed by atoms with E-state index in [0.717, 1.165) is 12.1 Å². The van der Waals surface area contributed by atoms with E-state index >= 15 is 0 Å². The summed E-state index contributed by atoms with van der Waals surface area (Å²) in [5.41, 5.74) is 2.01. The number of aryl methyl sites for hydroxylation is 1. The molecule has 0 aliphatic rings. The molecule has 1 amide bonds. The maximum absolute atomic E-state index is 13.8. The first-order chi connectivity index (χ1) is 16.0. The van der Waals surface area contributed by atoms with Gasteiger partial charge in [0.05, 0.1) is 29.7 Å². The van der Waals surface area contributed by atoms with Gasteiger partial charge in [-0.15, -0.1) is 13.2 Å². The Morgan fingerprint density at radius 3 is 2.32 bits per heavy atom. The molecule has 180 valence electrons. The smallest absolute Gasteiger partial charge is 0.481 e. The molecule has 10 heteroatoms. The van der Waals surface area contributed by atoms with Gasteiger partial charge in [0.15, 0.2) is 0 Å². The van der Waals surface area contributed by atoms with Crippen LogP contribution < -0.4 is 20.1 Å². The van der Waals surface area contributed by atoms with Crippen LogP contribution in [0.25, 0.3) is 0 Å². The minimum atomic E-state index is -4.91. The summed E-state index contributed by atoms with van der Waals surface area (Å²) < 4.78 is 61.2. The van der Waals surface area contributed by atoms with Gasteiger partial charge in [-0.25, -0.2) is 9.37 Å². The van der Waals surface area contributed by atoms with Crippen molar-refractivity contribution in [2.24, 2.45) is 0 Å². The van der Waals surface area contributed by atoms with Crippen molar-refractivity contribution in [3.05, 3.63) is 71.2 Å². The number of methoxy groups -OCH3 is 1. The van der Waals surface area contributed by atoms with Gasteiger partial charge in [0.2, 0.25) is 5.88 Å². The van der Waals surface area contributed by atoms with E-state index in [-0.39, 0.29) is 17.2 Å². The number of rotatable bonds is 7. The fourth-order valence-electron chi connectivity index (χ4n) is 3.27. The molecule has 0 atom stereocenters. The number of halogens is 4. The van der Waals surface area contributed by atoms with Crippen molar-refractivity contribution in [2.75, 3.05) is 17.7 Å². The minimum absolute atomic E-state index is 0.0452. The predicted octanol–water partition coefficient (Wildman–Crippen LogP) is 6.56. The van der Waals surface area contributed by atoms with Crippen LogP contribution in [0.4, 0.5) is 34.6 Å². The van der Waals surface area contributed by atoms with E-state index in [0.29, 0.717) is 28.5 Å². The zero-order valence-corrected chi connectivity index (χ0v) is 18.9. The van der Waals surface area contributed by atoms with E-state index in [4.69, 9.17) is 4.74 Å². The number of hydrogen-bond donors (Lipinski definition) is 2. The molecule has 34 heavy (non-hydrogen) atoms. The molecule has 3 aromatic rings. The molecule has 2 aromatic carbocycles. The van der Waals surface area contributed by atoms with Gasteiger partial charge in [-0.3, -0.25) is 4.79 Å². The van der Waals surface area contributed by atoms with Gasteiger partial charge in [-0.05, 0) is 54.8 Å². The standard InChI is InChI=1S/C24H23F4N3O3/c1-13(2)18-11-15(25)5-8-20(18)30-21-12-16(34-24(26,27)28)6-7-17(21)23(32)31-19-9-10-22(33-4)29-14(19)3/h5-13,30H,1-4H3,(H,31,32). The second kappa shape index (κ2) is 9.98. The highest BCUT2D eigenvalue weighted by atomic mass is 19.4. The van der Waals surface area contributed by atoms with Crippen molar-refractivity contribution in [1.29, 1.82) is 0 Å². The number of anilines is 3. The van der Waals surface area contributed by atoms with Gasteiger partial charge in [0, 0.05) is 17.8 Å². The fourth-order valence-corrected chi connectivity index (χ4v) is 3.27. The summed E-state index contributed by atoms with van der Waals surface area (Å²) in [4.78, 5) is 17.3. The Balaban J connectivity index is 2.01. The van der Waals surface area contributed by atoms with Crippen LogP contribution in [-0.4, -0.2) is 24.4 Å². The molecule has 0 saturated heterocycles. The van der Waals surface area contributed by atoms with Crippen LogP contribution in [0.2, 0.25) is 0 Å². The summed E-state index contributed by atoms with van der Waals surface area (Å²) >= 11 is 0. The number of benzene rings is 2. The Bertz CT molecular complexity index is 1200. The zero-order valence-electron chi connectivity index (χ0n) is 18.9. The lowest BCUT2D eigenvalue weighted by Crippen LogP contribution is -2.18. The third-order valence-electron chi connectivity index (χ3n) is 4.89. The van der Waals surface area contributed by atoms with Crippen LogP contribution in [0.15, 0.2) is 48.5 Å². The lowest BCUT2D eigenvalue weighted by atomic mass is 10.0. The topological polar surface area (TPSA) is 72.5 Å². The van der Waals surface area contributed by atoms with Gasteiger partial charge in [0.25, 0.3) is 5.91 Å². The molecular weight excluding hydrogens is 454 g/mol. The number of ether oxygens (including phenoxy) is 2. The van der Waals surface area contributed by atoms with Gasteiger partial charge >= 0.3 is 6.36 Å². The number of aromatic nitrogens is 1. The van der Waals surface area contributed by atoms with Crippen molar-refractivity contribution in [2.45, 2.75) is 33.1 Å². The number of nitrogens with one attached hydrogen (secondary N) is 2. The monoisotopic (exact) mass is 477 g/mol. The van der Waals surface area contributed by atoms with Crippen LogP contribution in [0.1, 0.15) is 41.4 Å². The molecule has 3 rings (SSSR count). The molecular formula is C24H23F4N3O3. The lowest BCUT2D eigenvalue weighted by molar-refractivity contribution is -0.274. The van der Waals surface area contributed by atoms with E-state index < -0.39 is 23.8 Å². The fraction of sp³-hybridized carbons (Fsp3) is 0.250. The lowest BCUT2D eigenvalue weighted by Gasteiger charge is -2.19. The number of carbonyl (C=O) groups excluding carboxylic acids is 1. The summed E-state index contributed by atoms with van der Waals surface area (Å²) in [5.74, 6) is -1.29. The van der Waals surface area contributed by atoms with Crippen molar-refractivity contribution in [3.63, 3.8) is 0 Å². The second-order valence-electron chi connectivity index (χ2n) is 7.71. The number of amides is 1. The second-order valence-corrected chi connectivity index (χ2v) is 7.71. The Morgan fingerprint density at radius 2 is 1.71 bits per heavy atom. The van der Waals surface area contributed by atoms with Gasteiger partial charge in [-0.1, -0.05) is 13.8 Å². The van der Waals surface area contributed by atoms with E-state index in [9.17, 15) is 22.4 Å². The number of alkyl halides is 3. The molecule has 0 saturated carbocycles. The molecule has 0 aliphatic carbocycles. The van der Waals surface area contributed by atoms with E-state index in [2.05, 4.69) is 20.4 Å². The molecule has 0 spiro atoms. The highest BCUT2D eigenvalue weighted by Gasteiger charge is 2.31. The largest absolute Gasteiger partial charge is 0.573 e. The third kappa shape index (κ3) is 6.15. The average molecular weight is 477 g/mol. The number of carbonyl (C=O) groups is 1. The minimum Gasteiger partial charge on any atom is -0.481 e. The normalized spacial score (nSPS) is 11.3. The molecule has 0 radical (unpaired) electrons. The molecule has 0 bridgehead atoms. The van der Waals surface area contributed by atoms with Crippen LogP contribution in [0.3, 0.4) is 0 Å². The molecule has 6 nitrogen and oxygen atoms in total. The number of nitrogens with zero attached hydrogens (tertiary/aromatic N) is 1. The molecule has 2 N–H and O–H groups in total. The van der Waals surface area contributed by atoms with Crippen molar-refractivity contribution in [1.82, 2.24) is 4.98 Å². The summed E-state index contributed by atoms with van der Waals surface area (Å²) in [5, 5.41) is 5.66. The average Bonchev–Trinajstić information content (AvgIpc) is 2.75. The highest BCUT2D eigenvalue weighted by molar-refractivity contribution is 6.09. The Hall–Kier alpha value is -3.82. The Labute approximate surface area is 193 Å². The summed E-state index contributed by atoms with van der Waals surface area (Å²) in [7, 11) is 1.46. The van der Waals surface area contributed by atoms with Crippen LogP contribution in [-0.2, 0) is 0 Å². The van der Waals surface area contributed by atoms with Crippen molar-refractivity contribution < 1.29 is 31.8 Å². The maximum atomic E-state index is 13.8. The van der Waals surface area contributed by atoms with Gasteiger partial charge in [0.1, 0.15) is 11.6 Å². The Morgan fingerprint density at radius 1 is 1.00 bits per heavy atom. The van der Waals surface area contributed by atoms with Crippen LogP contribution >= 0.6 is 0 Å². The summed E-state index contributed by atoms with van der Waals surface area (Å²) in [6.45, 7) is 5.36. The summed E-state index contributed by atoms with van der Waals surface area (Å²) in [6.07, 6.45) is -4.91. The van der Waals surface area contributed by atoms with E-state index in [1.165, 1.54) is 31.4 Å². The van der Waals surface area contributed by atoms with Crippen LogP contribution in [0, 0.1) is 12.7 Å². The molecule has 0 aliphatic heterocycles. The zero-order chi connectivity index (χ0) is 25.0. The Kier molecular flexibility index (Phi) is 7.29. The first-order valence-corrected chi connectivity index (χ1v) is 10.3. The molecule has 1 aromatic heterocycles. The summed E-state index contributed by atoms with van der Waals surface area (Å²) in [6, 6.07) is 10.5. The quantitative estimate of drug-likeness (QED) is 0.377. The molecule has 1 heterocycles. The predicted molar refractivity (Wildman–Crippen MR) is 120 cm³/mol. The van der Waals surface area contributed by atoms with Gasteiger partial charge < -0.3 is 20.1 Å². The third-order valence-corrected chi connectivity index (χ3v) is 4.89. The van der Waals surface area contributed by atoms with E-state index in [1.54, 1.807) is 19.1 Å². The number of hydrogen-bond acceptors (Lipinski definition) is 5.